The Labute approximate surface area is 128 Å². The fourth-order valence-electron chi connectivity index (χ4n) is 3.62. The lowest BCUT2D eigenvalue weighted by Crippen LogP contribution is -2.56. The van der Waals surface area contributed by atoms with Gasteiger partial charge in [-0.2, -0.15) is 0 Å². The minimum atomic E-state index is -0.166. The Hall–Kier alpha value is -0.930. The van der Waals surface area contributed by atoms with Gasteiger partial charge in [0, 0.05) is 18.1 Å². The van der Waals surface area contributed by atoms with E-state index in [1.807, 2.05) is 6.07 Å². The molecule has 0 aromatic heterocycles. The summed E-state index contributed by atoms with van der Waals surface area (Å²) in [5, 5.41) is 0. The Bertz CT molecular complexity index is 462. The summed E-state index contributed by atoms with van der Waals surface area (Å²) in [4.78, 5) is 2.45. The molecule has 2 N–H and O–H groups in total. The van der Waals surface area contributed by atoms with Gasteiger partial charge in [-0.15, -0.1) is 0 Å². The standard InChI is InChI=1S/C18H29FN2/c1-14-6-4-9-17(10-14)21(3)18(2,13-20)12-15-7-5-8-16(19)11-15/h5,7-8,11,14,17H,4,6,9-10,12-13,20H2,1-3H3. The topological polar surface area (TPSA) is 29.3 Å². The molecule has 0 radical (unpaired) electrons. The molecule has 1 aliphatic rings. The molecule has 2 rings (SSSR count). The van der Waals surface area contributed by atoms with Crippen LogP contribution in [0.25, 0.3) is 0 Å². The molecule has 3 heteroatoms. The molecule has 3 unspecified atom stereocenters. The van der Waals surface area contributed by atoms with E-state index in [1.54, 1.807) is 12.1 Å². The first-order chi connectivity index (χ1) is 9.94. The van der Waals surface area contributed by atoms with E-state index in [0.29, 0.717) is 12.6 Å². The predicted molar refractivity (Wildman–Crippen MR) is 86.7 cm³/mol. The zero-order valence-corrected chi connectivity index (χ0v) is 13.6. The zero-order chi connectivity index (χ0) is 15.5. The number of nitrogens with two attached hydrogens (primary N) is 1. The van der Waals surface area contributed by atoms with Crippen LogP contribution in [-0.4, -0.2) is 30.1 Å². The summed E-state index contributed by atoms with van der Waals surface area (Å²) in [5.74, 6) is 0.628. The molecule has 118 valence electrons. The minimum Gasteiger partial charge on any atom is -0.329 e. The largest absolute Gasteiger partial charge is 0.329 e. The van der Waals surface area contributed by atoms with Gasteiger partial charge in [0.2, 0.25) is 0 Å². The molecular formula is C18H29FN2. The van der Waals surface area contributed by atoms with Crippen LogP contribution < -0.4 is 5.73 Å². The monoisotopic (exact) mass is 292 g/mol. The molecule has 0 heterocycles. The van der Waals surface area contributed by atoms with E-state index in [-0.39, 0.29) is 11.4 Å². The highest BCUT2D eigenvalue weighted by Crippen LogP contribution is 2.31. The first-order valence-electron chi connectivity index (χ1n) is 8.12. The first kappa shape index (κ1) is 16.4. The van der Waals surface area contributed by atoms with Crippen LogP contribution in [0.1, 0.15) is 45.1 Å². The molecule has 0 saturated heterocycles. The number of halogens is 1. The zero-order valence-electron chi connectivity index (χ0n) is 13.6. The molecule has 1 aromatic carbocycles. The highest BCUT2D eigenvalue weighted by molar-refractivity contribution is 5.19. The van der Waals surface area contributed by atoms with E-state index in [1.165, 1.54) is 31.7 Å². The molecule has 0 spiro atoms. The quantitative estimate of drug-likeness (QED) is 0.898. The van der Waals surface area contributed by atoms with E-state index >= 15 is 0 Å². The first-order valence-corrected chi connectivity index (χ1v) is 8.12. The average Bonchev–Trinajstić information content (AvgIpc) is 2.46. The molecule has 0 bridgehead atoms. The Balaban J connectivity index is 2.11. The Kier molecular flexibility index (Phi) is 5.39. The van der Waals surface area contributed by atoms with Gasteiger partial charge in [-0.05, 0) is 56.8 Å². The van der Waals surface area contributed by atoms with Crippen molar-refractivity contribution in [1.29, 1.82) is 0 Å². The lowest BCUT2D eigenvalue weighted by atomic mass is 9.82. The van der Waals surface area contributed by atoms with Gasteiger partial charge in [-0.25, -0.2) is 4.39 Å². The maximum Gasteiger partial charge on any atom is 0.123 e. The van der Waals surface area contributed by atoms with E-state index in [2.05, 4.69) is 25.8 Å². The highest BCUT2D eigenvalue weighted by atomic mass is 19.1. The van der Waals surface area contributed by atoms with E-state index in [4.69, 9.17) is 5.73 Å². The molecular weight excluding hydrogens is 263 g/mol. The van der Waals surface area contributed by atoms with Crippen LogP contribution in [0.2, 0.25) is 0 Å². The van der Waals surface area contributed by atoms with Crippen molar-refractivity contribution in [2.75, 3.05) is 13.6 Å². The summed E-state index contributed by atoms with van der Waals surface area (Å²) in [6, 6.07) is 7.50. The molecule has 1 aromatic rings. The van der Waals surface area contributed by atoms with Crippen molar-refractivity contribution < 1.29 is 4.39 Å². The molecule has 2 nitrogen and oxygen atoms in total. The highest BCUT2D eigenvalue weighted by Gasteiger charge is 2.34. The van der Waals surface area contributed by atoms with Crippen molar-refractivity contribution in [1.82, 2.24) is 4.90 Å². The van der Waals surface area contributed by atoms with Gasteiger partial charge in [-0.3, -0.25) is 4.90 Å². The lowest BCUT2D eigenvalue weighted by molar-refractivity contribution is 0.0589. The second-order valence-electron chi connectivity index (χ2n) is 7.04. The molecule has 1 aliphatic carbocycles. The SMILES string of the molecule is CC1CCCC(N(C)C(C)(CN)Cc2cccc(F)c2)C1. The van der Waals surface area contributed by atoms with Crippen LogP contribution in [0.15, 0.2) is 24.3 Å². The Morgan fingerprint density at radius 2 is 2.14 bits per heavy atom. The van der Waals surface area contributed by atoms with Gasteiger partial charge in [-0.1, -0.05) is 31.9 Å². The van der Waals surface area contributed by atoms with Crippen LogP contribution in [-0.2, 0) is 6.42 Å². The van der Waals surface area contributed by atoms with E-state index in [9.17, 15) is 4.39 Å². The maximum absolute atomic E-state index is 13.4. The average molecular weight is 292 g/mol. The maximum atomic E-state index is 13.4. The van der Waals surface area contributed by atoms with E-state index in [0.717, 1.165) is 17.9 Å². The van der Waals surface area contributed by atoms with Crippen molar-refractivity contribution in [2.45, 2.75) is 57.5 Å². The number of likely N-dealkylation sites (N-methyl/N-ethyl adjacent to an activating group) is 1. The van der Waals surface area contributed by atoms with E-state index < -0.39 is 0 Å². The lowest BCUT2D eigenvalue weighted by Gasteiger charge is -2.45. The molecule has 3 atom stereocenters. The van der Waals surface area contributed by atoms with Crippen LogP contribution in [0.4, 0.5) is 4.39 Å². The summed E-state index contributed by atoms with van der Waals surface area (Å²) in [6.07, 6.45) is 5.93. The fraction of sp³-hybridized carbons (Fsp3) is 0.667. The number of hydrogen-bond acceptors (Lipinski definition) is 2. The molecule has 21 heavy (non-hydrogen) atoms. The van der Waals surface area contributed by atoms with Crippen molar-refractivity contribution >= 4 is 0 Å². The van der Waals surface area contributed by atoms with Crippen molar-refractivity contribution in [3.8, 4) is 0 Å². The van der Waals surface area contributed by atoms with Gasteiger partial charge in [0.1, 0.15) is 5.82 Å². The van der Waals surface area contributed by atoms with Gasteiger partial charge in [0.15, 0.2) is 0 Å². The number of rotatable bonds is 5. The van der Waals surface area contributed by atoms with Crippen LogP contribution in [0.3, 0.4) is 0 Å². The minimum absolute atomic E-state index is 0.116. The predicted octanol–water partition coefficient (Wildman–Crippen LogP) is 3.60. The Morgan fingerprint density at radius 1 is 1.38 bits per heavy atom. The fourth-order valence-corrected chi connectivity index (χ4v) is 3.62. The molecule has 1 saturated carbocycles. The summed E-state index contributed by atoms with van der Waals surface area (Å²) < 4.78 is 13.4. The second kappa shape index (κ2) is 6.89. The van der Waals surface area contributed by atoms with Crippen molar-refractivity contribution in [3.05, 3.63) is 35.6 Å². The van der Waals surface area contributed by atoms with Gasteiger partial charge in [0.25, 0.3) is 0 Å². The van der Waals surface area contributed by atoms with Crippen LogP contribution in [0, 0.1) is 11.7 Å². The van der Waals surface area contributed by atoms with Gasteiger partial charge < -0.3 is 5.73 Å². The molecule has 0 aliphatic heterocycles. The summed E-state index contributed by atoms with van der Waals surface area (Å²) in [6.45, 7) is 5.13. The number of hydrogen-bond donors (Lipinski definition) is 1. The number of nitrogens with zero attached hydrogens (tertiary/aromatic N) is 1. The van der Waals surface area contributed by atoms with Gasteiger partial charge in [0.05, 0.1) is 0 Å². The molecule has 1 fully saturated rings. The second-order valence-corrected chi connectivity index (χ2v) is 7.04. The van der Waals surface area contributed by atoms with Crippen LogP contribution in [0.5, 0.6) is 0 Å². The van der Waals surface area contributed by atoms with Crippen LogP contribution >= 0.6 is 0 Å². The smallest absolute Gasteiger partial charge is 0.123 e. The van der Waals surface area contributed by atoms with Crippen molar-refractivity contribution in [3.63, 3.8) is 0 Å². The normalized spacial score (nSPS) is 25.8. The summed E-state index contributed by atoms with van der Waals surface area (Å²) >= 11 is 0. The third-order valence-corrected chi connectivity index (χ3v) is 5.22. The third kappa shape index (κ3) is 4.04. The summed E-state index contributed by atoms with van der Waals surface area (Å²) in [5.41, 5.74) is 7.01. The summed E-state index contributed by atoms with van der Waals surface area (Å²) in [7, 11) is 2.19. The third-order valence-electron chi connectivity index (χ3n) is 5.22. The van der Waals surface area contributed by atoms with Gasteiger partial charge >= 0.3 is 0 Å². The molecule has 0 amide bonds. The van der Waals surface area contributed by atoms with Crippen molar-refractivity contribution in [2.24, 2.45) is 11.7 Å². The Morgan fingerprint density at radius 3 is 2.76 bits per heavy atom. The number of benzene rings is 1.